The van der Waals surface area contributed by atoms with E-state index in [9.17, 15) is 49.4 Å². The number of unbranched alkanes of at least 4 members (excludes halogenated alkanes) is 7. The molecule has 14 nitrogen and oxygen atoms in total. The highest BCUT2D eigenvalue weighted by Gasteiger charge is 2.66. The van der Waals surface area contributed by atoms with Gasteiger partial charge in [-0.3, -0.25) is 0 Å². The maximum absolute atomic E-state index is 11.2. The highest BCUT2D eigenvalue weighted by molar-refractivity contribution is 7.77. The van der Waals surface area contributed by atoms with Crippen molar-refractivity contribution in [2.45, 2.75) is 74.4 Å². The molecule has 0 aliphatic carbocycles. The van der Waals surface area contributed by atoms with Gasteiger partial charge in [0.05, 0.1) is 6.42 Å². The number of rotatable bonds is 15. The van der Waals surface area contributed by atoms with E-state index in [4.69, 9.17) is 19.6 Å². The summed E-state index contributed by atoms with van der Waals surface area (Å²) < 4.78 is 0. The minimum absolute atomic E-state index is 0.0790. The van der Waals surface area contributed by atoms with Crippen LogP contribution >= 0.6 is 31.8 Å². The fourth-order valence-electron chi connectivity index (χ4n) is 2.67. The largest absolute Gasteiger partial charge is 0.683 e. The van der Waals surface area contributed by atoms with Gasteiger partial charge in [0.2, 0.25) is 5.08 Å². The van der Waals surface area contributed by atoms with Crippen molar-refractivity contribution in [1.82, 2.24) is 0 Å². The molecule has 18 heteroatoms. The molecule has 0 radical (unpaired) electrons. The fourth-order valence-corrected chi connectivity index (χ4v) is 6.99. The highest BCUT2D eigenvalue weighted by Crippen LogP contribution is 2.73. The first-order chi connectivity index (χ1) is 13.2. The summed E-state index contributed by atoms with van der Waals surface area (Å²) in [6.07, 6.45) is 0.313. The lowest BCUT2D eigenvalue weighted by molar-refractivity contribution is -0.465. The van der Waals surface area contributed by atoms with Gasteiger partial charge in [-0.15, -0.1) is 0 Å². The Hall–Kier alpha value is 1.16. The summed E-state index contributed by atoms with van der Waals surface area (Å²) in [5.74, 6) is 0. The van der Waals surface area contributed by atoms with E-state index in [0.717, 1.165) is 0 Å². The molecule has 0 aromatic carbocycles. The minimum Gasteiger partial charge on any atom is -0.683 e. The van der Waals surface area contributed by atoms with Gasteiger partial charge < -0.3 is 49.4 Å². The number of hydrogen-bond donors (Lipinski definition) is 6. The molecule has 0 saturated heterocycles. The van der Waals surface area contributed by atoms with Crippen LogP contribution < -0.4 is 39.1 Å². The molecule has 0 atom stereocenters. The standard InChI is InChI=1S/C12H30O14P4/c13-11(27(15,16)17,28(18,19)20)9-7-5-3-1-2-4-6-8-10-12(14,29(21,22)23)30(24,25)26/h13-14H,1-10H2,(H2,15,16,17)(H2,18,19,20)(H2,21,22,23)(H2,24,25,26)/p-4. The van der Waals surface area contributed by atoms with Crippen LogP contribution in [0.25, 0.3) is 0 Å². The molecule has 0 amide bonds. The van der Waals surface area contributed by atoms with E-state index >= 15 is 0 Å². The Bertz CT molecular complexity index is 435. The van der Waals surface area contributed by atoms with E-state index in [1.807, 2.05) is 0 Å². The summed E-state index contributed by atoms with van der Waals surface area (Å²) in [6.45, 7) is 0. The Kier molecular flexibility index (Phi) is 12.0. The van der Waals surface area contributed by atoms with E-state index in [-0.39, 0.29) is 25.7 Å². The fraction of sp³-hybridized carbons (Fsp3) is 1.00. The Balaban J connectivity index is 4.18. The first-order valence-electron chi connectivity index (χ1n) is 8.81. The highest BCUT2D eigenvalue weighted by atomic mass is 31.3. The third-order valence-electron chi connectivity index (χ3n) is 4.58. The van der Waals surface area contributed by atoms with Crippen LogP contribution in [0.5, 0.6) is 0 Å². The molecule has 182 valence electrons. The van der Waals surface area contributed by atoms with Crippen molar-refractivity contribution in [2.75, 3.05) is 0 Å². The average molecular weight is 518 g/mol. The van der Waals surface area contributed by atoms with Gasteiger partial charge in [0.15, 0.2) is 0 Å². The van der Waals surface area contributed by atoms with Gasteiger partial charge in [-0.05, 0) is 12.8 Å². The zero-order chi connectivity index (χ0) is 24.1. The maximum Gasteiger partial charge on any atom is 0.373 e. The van der Waals surface area contributed by atoms with E-state index in [0.29, 0.717) is 25.7 Å². The lowest BCUT2D eigenvalue weighted by Gasteiger charge is -2.63. The second-order valence-electron chi connectivity index (χ2n) is 6.96. The molecule has 0 unspecified atom stereocenters. The van der Waals surface area contributed by atoms with Gasteiger partial charge in [-0.2, -0.15) is 0 Å². The van der Waals surface area contributed by atoms with Gasteiger partial charge >= 0.3 is 21.0 Å². The first-order valence-corrected chi connectivity index (χ1v) is 15.1. The van der Waals surface area contributed by atoms with Crippen LogP contribution in [0.3, 0.4) is 0 Å². The second kappa shape index (κ2) is 11.5. The minimum atomic E-state index is -6.09. The van der Waals surface area contributed by atoms with Crippen molar-refractivity contribution in [2.24, 2.45) is 0 Å². The molecule has 0 rings (SSSR count). The number of hydrogen-bond acceptors (Lipinski definition) is 14. The van der Waals surface area contributed by atoms with Gasteiger partial charge in [0, 0.05) is 6.42 Å². The topological polar surface area (TPSA) is 306 Å². The van der Waals surface area contributed by atoms with Gasteiger partial charge in [0.25, 0.3) is 0 Å². The van der Waals surface area contributed by atoms with Gasteiger partial charge in [-0.25, -0.2) is 19.6 Å². The van der Waals surface area contributed by atoms with Crippen LogP contribution in [0, 0.1) is 0 Å². The molecule has 30 heavy (non-hydrogen) atoms. The lowest BCUT2D eigenvalue weighted by atomic mass is 10.1. The van der Waals surface area contributed by atoms with E-state index in [2.05, 4.69) is 0 Å². The van der Waals surface area contributed by atoms with E-state index in [1.165, 1.54) is 0 Å². The van der Waals surface area contributed by atoms with Crippen molar-refractivity contribution in [1.29, 1.82) is 0 Å². The molecule has 0 heterocycles. The Morgan fingerprint density at radius 1 is 0.433 bits per heavy atom. The van der Waals surface area contributed by atoms with Crippen LogP contribution in [0.15, 0.2) is 0 Å². The molecular formula is C12H26O14P4-4. The van der Waals surface area contributed by atoms with Crippen LogP contribution in [0.2, 0.25) is 0 Å². The normalized spacial score (nSPS) is 15.0. The zero-order valence-electron chi connectivity index (χ0n) is 15.8. The van der Waals surface area contributed by atoms with Crippen molar-refractivity contribution in [3.05, 3.63) is 0 Å². The summed E-state index contributed by atoms with van der Waals surface area (Å²) in [6, 6.07) is 0. The van der Waals surface area contributed by atoms with Crippen LogP contribution in [0.1, 0.15) is 64.2 Å². The van der Waals surface area contributed by atoms with E-state index in [1.54, 1.807) is 0 Å². The predicted molar refractivity (Wildman–Crippen MR) is 92.6 cm³/mol. The maximum atomic E-state index is 11.2. The summed E-state index contributed by atoms with van der Waals surface area (Å²) in [5.41, 5.74) is 0. The average Bonchev–Trinajstić information content (AvgIpc) is 2.51. The van der Waals surface area contributed by atoms with E-state index < -0.39 is 54.8 Å². The molecule has 0 fully saturated rings. The molecule has 0 aliphatic rings. The molecule has 0 aromatic heterocycles. The molecular weight excluding hydrogens is 492 g/mol. The molecule has 6 N–H and O–H groups in total. The predicted octanol–water partition coefficient (Wildman–Crippen LogP) is -5.92. The Labute approximate surface area is 175 Å². The van der Waals surface area contributed by atoms with Crippen molar-refractivity contribution < 1.29 is 68.9 Å². The second-order valence-corrected chi connectivity index (χ2v) is 14.8. The smallest absolute Gasteiger partial charge is 0.373 e. The Morgan fingerprint density at radius 3 is 0.900 bits per heavy atom. The lowest BCUT2D eigenvalue weighted by Crippen LogP contribution is -2.59. The van der Waals surface area contributed by atoms with Gasteiger partial charge in [-0.1, -0.05) is 54.4 Å². The van der Waals surface area contributed by atoms with Crippen LogP contribution in [-0.4, -0.2) is 40.0 Å². The molecule has 0 aromatic rings. The molecule has 0 aliphatic heterocycles. The van der Waals surface area contributed by atoms with Crippen LogP contribution in [0.4, 0.5) is 0 Å². The zero-order valence-corrected chi connectivity index (χ0v) is 19.4. The first kappa shape index (κ1) is 31.2. The molecule has 0 saturated carbocycles. The Morgan fingerprint density at radius 2 is 0.667 bits per heavy atom. The third-order valence-corrected chi connectivity index (χ3v) is 12.1. The summed E-state index contributed by atoms with van der Waals surface area (Å²) >= 11 is 0. The summed E-state index contributed by atoms with van der Waals surface area (Å²) in [5, 5.41) is 11.8. The SMILES string of the molecule is [O-][P+]([O-])([O-])C(O)(CCCCCCCCCCC(O)([P+]([O-])(O)O)[P+]([O-])(O)O)[P+]([O-])([O-])[O-]. The number of aliphatic hydroxyl groups is 2. The molecule has 0 spiro atoms. The van der Waals surface area contributed by atoms with Gasteiger partial charge in [0.1, 0.15) is 0 Å². The van der Waals surface area contributed by atoms with Crippen molar-refractivity contribution in [3.63, 3.8) is 0 Å². The summed E-state index contributed by atoms with van der Waals surface area (Å²) in [4.78, 5) is 124. The third kappa shape index (κ3) is 8.50. The van der Waals surface area contributed by atoms with Crippen molar-refractivity contribution in [3.8, 4) is 0 Å². The van der Waals surface area contributed by atoms with Crippen molar-refractivity contribution >= 4 is 31.8 Å². The molecule has 0 bridgehead atoms. The quantitative estimate of drug-likeness (QED) is 0.0869. The van der Waals surface area contributed by atoms with Crippen LogP contribution in [-0.2, 0) is 0 Å². The summed E-state index contributed by atoms with van der Waals surface area (Å²) in [7, 11) is -23.1. The monoisotopic (exact) mass is 518 g/mol.